The second kappa shape index (κ2) is 8.87. The molecule has 0 radical (unpaired) electrons. The van der Waals surface area contributed by atoms with E-state index in [1.165, 1.54) is 0 Å². The number of nitrogens with one attached hydrogen (secondary N) is 1. The molecule has 1 atom stereocenters. The van der Waals surface area contributed by atoms with E-state index in [0.29, 0.717) is 39.6 Å². The predicted molar refractivity (Wildman–Crippen MR) is 117 cm³/mol. The van der Waals surface area contributed by atoms with Crippen LogP contribution in [0.2, 0.25) is 5.02 Å². The van der Waals surface area contributed by atoms with E-state index in [2.05, 4.69) is 21.2 Å². The van der Waals surface area contributed by atoms with Gasteiger partial charge in [-0.25, -0.2) is 0 Å². The van der Waals surface area contributed by atoms with Crippen molar-refractivity contribution in [1.82, 2.24) is 10.2 Å². The van der Waals surface area contributed by atoms with Gasteiger partial charge in [0.25, 0.3) is 5.91 Å². The molecule has 1 aromatic carbocycles. The lowest BCUT2D eigenvalue weighted by atomic mass is 10.2. The minimum Gasteiger partial charge on any atom is -0.484 e. The van der Waals surface area contributed by atoms with Gasteiger partial charge < -0.3 is 19.2 Å². The van der Waals surface area contributed by atoms with Crippen molar-refractivity contribution in [3.63, 3.8) is 0 Å². The van der Waals surface area contributed by atoms with E-state index in [1.807, 2.05) is 6.07 Å². The number of rotatable bonds is 6. The zero-order valence-electron chi connectivity index (χ0n) is 15.3. The van der Waals surface area contributed by atoms with Gasteiger partial charge in [-0.1, -0.05) is 27.5 Å². The first-order valence-corrected chi connectivity index (χ1v) is 10.7. The second-order valence-electron chi connectivity index (χ2n) is 6.71. The van der Waals surface area contributed by atoms with Gasteiger partial charge in [0, 0.05) is 17.2 Å². The van der Waals surface area contributed by atoms with Crippen molar-refractivity contribution in [2.45, 2.75) is 25.6 Å². The summed E-state index contributed by atoms with van der Waals surface area (Å²) in [5.41, 5.74) is 0.380. The van der Waals surface area contributed by atoms with Crippen molar-refractivity contribution < 1.29 is 18.7 Å². The maximum absolute atomic E-state index is 12.7. The smallest absolute Gasteiger partial charge is 0.276 e. The van der Waals surface area contributed by atoms with E-state index in [1.54, 1.807) is 35.2 Å². The summed E-state index contributed by atoms with van der Waals surface area (Å²) in [5.74, 6) is 1.53. The molecule has 1 aromatic heterocycles. The summed E-state index contributed by atoms with van der Waals surface area (Å²) in [5, 5.41) is 3.85. The molecule has 29 heavy (non-hydrogen) atoms. The zero-order valence-corrected chi connectivity index (χ0v) is 18.5. The Kier molecular flexibility index (Phi) is 6.24. The molecule has 6 nitrogen and oxygen atoms in total. The SMILES string of the molecule is O=C1/C(=C\c2ccc(COc3ccc(Br)cc3Cl)o2)NC(=S)N1CC1CCCO1. The number of halogens is 2. The molecule has 0 bridgehead atoms. The van der Waals surface area contributed by atoms with Gasteiger partial charge in [0.1, 0.15) is 29.6 Å². The molecule has 9 heteroatoms. The van der Waals surface area contributed by atoms with Crippen LogP contribution < -0.4 is 10.1 Å². The van der Waals surface area contributed by atoms with Gasteiger partial charge >= 0.3 is 0 Å². The molecule has 3 heterocycles. The third-order valence-electron chi connectivity index (χ3n) is 4.61. The van der Waals surface area contributed by atoms with E-state index in [-0.39, 0.29) is 18.6 Å². The predicted octanol–water partition coefficient (Wildman–Crippen LogP) is 4.51. The molecule has 1 N–H and O–H groups in total. The Hall–Kier alpha value is -1.87. The summed E-state index contributed by atoms with van der Waals surface area (Å²) < 4.78 is 17.9. The van der Waals surface area contributed by atoms with Crippen LogP contribution in [0.25, 0.3) is 6.08 Å². The summed E-state index contributed by atoms with van der Waals surface area (Å²) in [6.45, 7) is 1.42. The Morgan fingerprint density at radius 1 is 1.38 bits per heavy atom. The minimum absolute atomic E-state index is 0.0378. The van der Waals surface area contributed by atoms with E-state index in [4.69, 9.17) is 37.7 Å². The Morgan fingerprint density at radius 3 is 3.00 bits per heavy atom. The van der Waals surface area contributed by atoms with Gasteiger partial charge in [-0.05, 0) is 55.4 Å². The average Bonchev–Trinajstić information content (AvgIpc) is 3.40. The monoisotopic (exact) mass is 496 g/mol. The molecule has 2 saturated heterocycles. The molecule has 2 fully saturated rings. The van der Waals surface area contributed by atoms with Gasteiger partial charge in [-0.15, -0.1) is 0 Å². The number of carbonyl (C=O) groups is 1. The average molecular weight is 498 g/mol. The quantitative estimate of drug-likeness (QED) is 0.468. The summed E-state index contributed by atoms with van der Waals surface area (Å²) >= 11 is 14.8. The fourth-order valence-corrected chi connectivity index (χ4v) is 4.16. The molecule has 1 amide bonds. The van der Waals surface area contributed by atoms with Crippen molar-refractivity contribution in [1.29, 1.82) is 0 Å². The molecular weight excluding hydrogens is 480 g/mol. The van der Waals surface area contributed by atoms with Crippen molar-refractivity contribution in [3.05, 3.63) is 57.0 Å². The zero-order chi connectivity index (χ0) is 20.4. The highest BCUT2D eigenvalue weighted by atomic mass is 79.9. The van der Waals surface area contributed by atoms with Crippen LogP contribution >= 0.6 is 39.7 Å². The highest BCUT2D eigenvalue weighted by Gasteiger charge is 2.33. The normalized spacial score (nSPS) is 20.6. The van der Waals surface area contributed by atoms with Crippen molar-refractivity contribution in [2.75, 3.05) is 13.2 Å². The fourth-order valence-electron chi connectivity index (χ4n) is 3.16. The molecule has 2 aliphatic heterocycles. The molecule has 0 aliphatic carbocycles. The highest BCUT2D eigenvalue weighted by molar-refractivity contribution is 9.10. The lowest BCUT2D eigenvalue weighted by molar-refractivity contribution is -0.123. The first-order chi connectivity index (χ1) is 14.0. The maximum Gasteiger partial charge on any atom is 0.276 e. The minimum atomic E-state index is -0.179. The third-order valence-corrected chi connectivity index (χ3v) is 5.72. The number of thiocarbonyl (C=S) groups is 1. The summed E-state index contributed by atoms with van der Waals surface area (Å²) in [4.78, 5) is 14.2. The Balaban J connectivity index is 1.39. The Labute approximate surface area is 186 Å². The topological polar surface area (TPSA) is 63.9 Å². The molecule has 152 valence electrons. The van der Waals surface area contributed by atoms with Crippen LogP contribution in [-0.2, 0) is 16.1 Å². The molecule has 4 rings (SSSR count). The summed E-state index contributed by atoms with van der Waals surface area (Å²) in [6, 6.07) is 8.96. The van der Waals surface area contributed by atoms with Crippen LogP contribution in [0, 0.1) is 0 Å². The second-order valence-corrected chi connectivity index (χ2v) is 8.42. The van der Waals surface area contributed by atoms with Crippen LogP contribution in [0.5, 0.6) is 5.75 Å². The molecule has 0 saturated carbocycles. The van der Waals surface area contributed by atoms with Gasteiger partial charge in [0.05, 0.1) is 17.7 Å². The van der Waals surface area contributed by atoms with Crippen LogP contribution in [0.3, 0.4) is 0 Å². The molecule has 2 aliphatic rings. The van der Waals surface area contributed by atoms with Crippen molar-refractivity contribution in [3.8, 4) is 5.75 Å². The number of furan rings is 1. The van der Waals surface area contributed by atoms with Crippen LogP contribution in [-0.4, -0.2) is 35.2 Å². The lowest BCUT2D eigenvalue weighted by Crippen LogP contribution is -2.37. The molecule has 0 spiro atoms. The Bertz CT molecular complexity index is 971. The van der Waals surface area contributed by atoms with Gasteiger partial charge in [0.2, 0.25) is 0 Å². The molecular formula is C20H18BrClN2O4S. The largest absolute Gasteiger partial charge is 0.484 e. The maximum atomic E-state index is 12.7. The van der Waals surface area contributed by atoms with Crippen molar-refractivity contribution in [2.24, 2.45) is 0 Å². The summed E-state index contributed by atoms with van der Waals surface area (Å²) in [6.07, 6.45) is 3.63. The third kappa shape index (κ3) is 4.83. The number of ether oxygens (including phenoxy) is 2. The van der Waals surface area contributed by atoms with Crippen molar-refractivity contribution >= 4 is 56.8 Å². The van der Waals surface area contributed by atoms with Crippen LogP contribution in [0.1, 0.15) is 24.4 Å². The van der Waals surface area contributed by atoms with Gasteiger partial charge in [-0.2, -0.15) is 0 Å². The first-order valence-electron chi connectivity index (χ1n) is 9.12. The summed E-state index contributed by atoms with van der Waals surface area (Å²) in [7, 11) is 0. The number of amides is 1. The number of hydrogen-bond donors (Lipinski definition) is 1. The fraction of sp³-hybridized carbons (Fsp3) is 0.300. The number of benzene rings is 1. The highest BCUT2D eigenvalue weighted by Crippen LogP contribution is 2.28. The van der Waals surface area contributed by atoms with Crippen LogP contribution in [0.15, 0.2) is 44.9 Å². The van der Waals surface area contributed by atoms with E-state index < -0.39 is 0 Å². The number of hydrogen-bond acceptors (Lipinski definition) is 5. The number of nitrogens with zero attached hydrogens (tertiary/aromatic N) is 1. The first kappa shape index (κ1) is 20.4. The van der Waals surface area contributed by atoms with E-state index in [9.17, 15) is 4.79 Å². The van der Waals surface area contributed by atoms with E-state index >= 15 is 0 Å². The van der Waals surface area contributed by atoms with E-state index in [0.717, 1.165) is 23.9 Å². The number of carbonyl (C=O) groups excluding carboxylic acids is 1. The van der Waals surface area contributed by atoms with Gasteiger partial charge in [-0.3, -0.25) is 9.69 Å². The van der Waals surface area contributed by atoms with Gasteiger partial charge in [0.15, 0.2) is 5.11 Å². The van der Waals surface area contributed by atoms with Crippen LogP contribution in [0.4, 0.5) is 0 Å². The molecule has 2 aromatic rings. The lowest BCUT2D eigenvalue weighted by Gasteiger charge is -2.18. The Morgan fingerprint density at radius 2 is 2.24 bits per heavy atom. The standard InChI is InChI=1S/C20H18BrClN2O4S/c21-12-3-6-18(16(22)8-12)27-11-15-5-4-13(28-15)9-17-19(25)24(20(29)23-17)10-14-2-1-7-26-14/h3-6,8-9,14H,1-2,7,10-11H2,(H,23,29)/b17-9+. The molecule has 1 unspecified atom stereocenters.